The van der Waals surface area contributed by atoms with Gasteiger partial charge in [0.1, 0.15) is 5.75 Å². The van der Waals surface area contributed by atoms with Crippen molar-refractivity contribution >= 4 is 22.1 Å². The average molecular weight is 428 g/mol. The smallest absolute Gasteiger partial charge is 0.139 e. The van der Waals surface area contributed by atoms with Gasteiger partial charge in [-0.15, -0.1) is 0 Å². The third-order valence-corrected chi connectivity index (χ3v) is 6.92. The van der Waals surface area contributed by atoms with Gasteiger partial charge in [-0.25, -0.2) is 0 Å². The Hall–Kier alpha value is -4.04. The molecule has 1 aliphatic rings. The van der Waals surface area contributed by atoms with Gasteiger partial charge < -0.3 is 10.4 Å². The summed E-state index contributed by atoms with van der Waals surface area (Å²) in [5.41, 5.74) is 8.95. The molecule has 5 aromatic carbocycles. The summed E-state index contributed by atoms with van der Waals surface area (Å²) in [6, 6.07) is 35.5. The minimum atomic E-state index is -0.109. The predicted molar refractivity (Wildman–Crippen MR) is 138 cm³/mol. The van der Waals surface area contributed by atoms with Crippen molar-refractivity contribution in [2.75, 3.05) is 5.32 Å². The number of anilines is 2. The fourth-order valence-electron chi connectivity index (χ4n) is 5.28. The average Bonchev–Trinajstić information content (AvgIpc) is 3.07. The van der Waals surface area contributed by atoms with E-state index in [1.54, 1.807) is 0 Å². The lowest BCUT2D eigenvalue weighted by Crippen LogP contribution is -2.15. The number of benzene rings is 5. The molecule has 0 heterocycles. The fraction of sp³-hybridized carbons (Fsp3) is 0.0968. The molecule has 1 aliphatic carbocycles. The van der Waals surface area contributed by atoms with E-state index >= 15 is 0 Å². The lowest BCUT2D eigenvalue weighted by atomic mass is 9.80. The van der Waals surface area contributed by atoms with Crippen LogP contribution in [0.3, 0.4) is 0 Å². The van der Waals surface area contributed by atoms with Crippen molar-refractivity contribution in [1.82, 2.24) is 0 Å². The fourth-order valence-corrected chi connectivity index (χ4v) is 5.28. The summed E-state index contributed by atoms with van der Waals surface area (Å²) >= 11 is 0. The van der Waals surface area contributed by atoms with Crippen LogP contribution >= 0.6 is 0 Å². The van der Waals surface area contributed by atoms with E-state index in [4.69, 9.17) is 0 Å². The van der Waals surface area contributed by atoms with E-state index in [0.717, 1.165) is 16.8 Å². The molecule has 0 saturated carbocycles. The van der Waals surface area contributed by atoms with Gasteiger partial charge in [0.25, 0.3) is 0 Å². The van der Waals surface area contributed by atoms with Gasteiger partial charge in [-0.05, 0) is 68.4 Å². The molecule has 0 spiro atoms. The van der Waals surface area contributed by atoms with E-state index in [2.05, 4.69) is 73.8 Å². The van der Waals surface area contributed by atoms with E-state index in [-0.39, 0.29) is 11.2 Å². The Kier molecular flexibility index (Phi) is 4.31. The minimum absolute atomic E-state index is 0.109. The Bertz CT molecular complexity index is 1520. The molecule has 6 rings (SSSR count). The number of phenolic OH excluding ortho intramolecular Hbond substituents is 1. The van der Waals surface area contributed by atoms with Gasteiger partial charge in [0.05, 0.1) is 5.69 Å². The minimum Gasteiger partial charge on any atom is -0.506 e. The van der Waals surface area contributed by atoms with Crippen LogP contribution in [0.2, 0.25) is 0 Å². The van der Waals surface area contributed by atoms with Gasteiger partial charge >= 0.3 is 0 Å². The summed E-state index contributed by atoms with van der Waals surface area (Å²) in [5, 5.41) is 16.7. The second kappa shape index (κ2) is 7.25. The monoisotopic (exact) mass is 427 g/mol. The zero-order chi connectivity index (χ0) is 22.6. The maximum absolute atomic E-state index is 10.7. The number of fused-ring (bicyclic) bond motifs is 5. The Labute approximate surface area is 194 Å². The van der Waals surface area contributed by atoms with Crippen LogP contribution in [0, 0.1) is 0 Å². The molecule has 0 unspecified atom stereocenters. The highest BCUT2D eigenvalue weighted by Gasteiger charge is 2.36. The van der Waals surface area contributed by atoms with Crippen LogP contribution < -0.4 is 5.32 Å². The van der Waals surface area contributed by atoms with Crippen molar-refractivity contribution in [3.8, 4) is 28.0 Å². The second-order valence-corrected chi connectivity index (χ2v) is 9.32. The summed E-state index contributed by atoms with van der Waals surface area (Å²) in [4.78, 5) is 0. The number of hydrogen-bond donors (Lipinski definition) is 2. The van der Waals surface area contributed by atoms with E-state index in [1.807, 2.05) is 48.5 Å². The summed E-state index contributed by atoms with van der Waals surface area (Å²) in [5.74, 6) is 0.241. The topological polar surface area (TPSA) is 32.3 Å². The standard InChI is InChI=1S/C31H25NO/c1-31(2)27-19-23(32-28-17-13-22(18-29(28)33)20-8-4-3-5-9-20)14-16-25(27)26-15-12-21-10-6-7-11-24(21)30(26)31/h3-19,32-33H,1-2H3. The molecule has 5 aromatic rings. The molecule has 0 bridgehead atoms. The molecular formula is C31H25NO. The largest absolute Gasteiger partial charge is 0.506 e. The summed E-state index contributed by atoms with van der Waals surface area (Å²) in [6.07, 6.45) is 0. The number of rotatable bonds is 3. The molecule has 0 fully saturated rings. The van der Waals surface area contributed by atoms with E-state index in [0.29, 0.717) is 5.69 Å². The zero-order valence-electron chi connectivity index (χ0n) is 18.8. The van der Waals surface area contributed by atoms with Crippen LogP contribution in [0.1, 0.15) is 25.0 Å². The second-order valence-electron chi connectivity index (χ2n) is 9.32. The number of hydrogen-bond acceptors (Lipinski definition) is 2. The number of nitrogens with one attached hydrogen (secondary N) is 1. The molecule has 0 radical (unpaired) electrons. The molecular weight excluding hydrogens is 402 g/mol. The van der Waals surface area contributed by atoms with Gasteiger partial charge in [0, 0.05) is 11.1 Å². The molecule has 0 saturated heterocycles. The number of aromatic hydroxyl groups is 1. The lowest BCUT2D eigenvalue weighted by molar-refractivity contribution is 0.478. The van der Waals surface area contributed by atoms with Gasteiger partial charge in [-0.3, -0.25) is 0 Å². The first kappa shape index (κ1) is 19.6. The molecule has 0 amide bonds. The van der Waals surface area contributed by atoms with E-state index in [1.165, 1.54) is 33.0 Å². The quantitative estimate of drug-likeness (QED) is 0.284. The lowest BCUT2D eigenvalue weighted by Gasteiger charge is -2.23. The van der Waals surface area contributed by atoms with Gasteiger partial charge in [0.2, 0.25) is 0 Å². The predicted octanol–water partition coefficient (Wildman–Crippen LogP) is 8.26. The highest BCUT2D eigenvalue weighted by molar-refractivity contribution is 5.97. The summed E-state index contributed by atoms with van der Waals surface area (Å²) < 4.78 is 0. The maximum Gasteiger partial charge on any atom is 0.139 e. The highest BCUT2D eigenvalue weighted by Crippen LogP contribution is 2.52. The zero-order valence-corrected chi connectivity index (χ0v) is 18.8. The Morgan fingerprint density at radius 2 is 1.42 bits per heavy atom. The van der Waals surface area contributed by atoms with Crippen LogP contribution in [0.4, 0.5) is 11.4 Å². The van der Waals surface area contributed by atoms with E-state index in [9.17, 15) is 5.11 Å². The van der Waals surface area contributed by atoms with Gasteiger partial charge in [-0.2, -0.15) is 0 Å². The molecule has 0 aromatic heterocycles. The van der Waals surface area contributed by atoms with Gasteiger partial charge in [-0.1, -0.05) is 92.7 Å². The molecule has 2 nitrogen and oxygen atoms in total. The maximum atomic E-state index is 10.7. The van der Waals surface area contributed by atoms with Crippen LogP contribution in [-0.4, -0.2) is 5.11 Å². The van der Waals surface area contributed by atoms with Crippen molar-refractivity contribution in [2.24, 2.45) is 0 Å². The molecule has 2 N–H and O–H groups in total. The van der Waals surface area contributed by atoms with Gasteiger partial charge in [0.15, 0.2) is 0 Å². The van der Waals surface area contributed by atoms with Crippen LogP contribution in [0.5, 0.6) is 5.75 Å². The molecule has 33 heavy (non-hydrogen) atoms. The van der Waals surface area contributed by atoms with Crippen molar-refractivity contribution in [1.29, 1.82) is 0 Å². The van der Waals surface area contributed by atoms with Crippen LogP contribution in [0.15, 0.2) is 103 Å². The molecule has 0 atom stereocenters. The Morgan fingerprint density at radius 3 is 2.24 bits per heavy atom. The third kappa shape index (κ3) is 3.10. The van der Waals surface area contributed by atoms with Crippen molar-refractivity contribution in [2.45, 2.75) is 19.3 Å². The molecule has 160 valence electrons. The molecule has 2 heteroatoms. The van der Waals surface area contributed by atoms with Crippen molar-refractivity contribution in [3.05, 3.63) is 114 Å². The normalized spacial score (nSPS) is 13.5. The first-order chi connectivity index (χ1) is 16.0. The summed E-state index contributed by atoms with van der Waals surface area (Å²) in [7, 11) is 0. The van der Waals surface area contributed by atoms with Crippen molar-refractivity contribution < 1.29 is 5.11 Å². The van der Waals surface area contributed by atoms with Crippen molar-refractivity contribution in [3.63, 3.8) is 0 Å². The first-order valence-corrected chi connectivity index (χ1v) is 11.3. The van der Waals surface area contributed by atoms with E-state index < -0.39 is 0 Å². The molecule has 0 aliphatic heterocycles. The Morgan fingerprint density at radius 1 is 0.667 bits per heavy atom. The van der Waals surface area contributed by atoms with Crippen LogP contribution in [-0.2, 0) is 5.41 Å². The number of phenols is 1. The first-order valence-electron chi connectivity index (χ1n) is 11.3. The third-order valence-electron chi connectivity index (χ3n) is 6.92. The highest BCUT2D eigenvalue weighted by atomic mass is 16.3. The summed E-state index contributed by atoms with van der Waals surface area (Å²) in [6.45, 7) is 4.61. The van der Waals surface area contributed by atoms with Crippen LogP contribution in [0.25, 0.3) is 33.0 Å². The Balaban J connectivity index is 1.37. The SMILES string of the molecule is CC1(C)c2cc(Nc3ccc(-c4ccccc4)cc3O)ccc2-c2ccc3ccccc3c21.